The van der Waals surface area contributed by atoms with Gasteiger partial charge in [0.2, 0.25) is 0 Å². The number of hydrogen-bond acceptors (Lipinski definition) is 2. The monoisotopic (exact) mass is 411 g/mol. The lowest BCUT2D eigenvalue weighted by Gasteiger charge is -2.28. The molecule has 1 amide bonds. The first kappa shape index (κ1) is 21.6. The van der Waals surface area contributed by atoms with Gasteiger partial charge in [-0.1, -0.05) is 66.7 Å². The average Bonchev–Trinajstić information content (AvgIpc) is 2.76. The number of nitrogens with one attached hydrogen (secondary N) is 3. The van der Waals surface area contributed by atoms with Crippen LogP contribution in [0.1, 0.15) is 11.1 Å². The van der Waals surface area contributed by atoms with E-state index in [1.165, 1.54) is 16.0 Å². The van der Waals surface area contributed by atoms with Crippen LogP contribution >= 0.6 is 11.8 Å². The van der Waals surface area contributed by atoms with Crippen LogP contribution in [0.2, 0.25) is 0 Å². The Morgan fingerprint density at radius 2 is 1.59 bits per heavy atom. The molecule has 1 aliphatic rings. The zero-order chi connectivity index (χ0) is 20.2. The predicted octanol–water partition coefficient (Wildman–Crippen LogP) is 0.533. The quantitative estimate of drug-likeness (QED) is 0.499. The van der Waals surface area contributed by atoms with E-state index in [0.717, 1.165) is 50.8 Å². The molecule has 3 N–H and O–H groups in total. The fraction of sp³-hybridized carbons (Fsp3) is 0.375. The van der Waals surface area contributed by atoms with Gasteiger partial charge in [0.15, 0.2) is 6.54 Å². The second-order valence-electron chi connectivity index (χ2n) is 7.58. The molecule has 0 aromatic heterocycles. The zero-order valence-electron chi connectivity index (χ0n) is 17.1. The van der Waals surface area contributed by atoms with Crippen molar-refractivity contribution in [2.45, 2.75) is 5.75 Å². The van der Waals surface area contributed by atoms with Crippen LogP contribution in [-0.2, 0) is 10.5 Å². The second-order valence-corrected chi connectivity index (χ2v) is 8.69. The van der Waals surface area contributed by atoms with Gasteiger partial charge in [0, 0.05) is 18.1 Å². The van der Waals surface area contributed by atoms with E-state index in [2.05, 4.69) is 66.0 Å². The summed E-state index contributed by atoms with van der Waals surface area (Å²) in [6.45, 7) is 6.84. The minimum absolute atomic E-state index is 0.188. The highest BCUT2D eigenvalue weighted by molar-refractivity contribution is 7.98. The minimum atomic E-state index is 0.188. The van der Waals surface area contributed by atoms with Gasteiger partial charge in [0.25, 0.3) is 5.91 Å². The van der Waals surface area contributed by atoms with E-state index in [9.17, 15) is 4.79 Å². The van der Waals surface area contributed by atoms with Crippen molar-refractivity contribution < 1.29 is 14.6 Å². The third kappa shape index (κ3) is 8.44. The number of rotatable bonds is 10. The van der Waals surface area contributed by atoms with Crippen LogP contribution in [0.5, 0.6) is 0 Å². The number of thioether (sulfide) groups is 1. The second kappa shape index (κ2) is 12.5. The number of carbonyl (C=O) groups is 1. The molecule has 0 spiro atoms. The maximum absolute atomic E-state index is 12.2. The van der Waals surface area contributed by atoms with Crippen molar-refractivity contribution in [3.05, 3.63) is 77.9 Å². The summed E-state index contributed by atoms with van der Waals surface area (Å²) in [7, 11) is 0. The molecule has 0 bridgehead atoms. The highest BCUT2D eigenvalue weighted by atomic mass is 32.2. The SMILES string of the molecule is O=C(C[NH+]1CC[NH+](C/C=C/c2ccccc2)CC1)NCCSCc1ccccc1. The first-order chi connectivity index (χ1) is 14.3. The van der Waals surface area contributed by atoms with Gasteiger partial charge in [-0.15, -0.1) is 0 Å². The molecule has 3 rings (SSSR count). The number of amides is 1. The van der Waals surface area contributed by atoms with Crippen molar-refractivity contribution in [1.82, 2.24) is 5.32 Å². The van der Waals surface area contributed by atoms with E-state index in [1.807, 2.05) is 23.9 Å². The molecule has 5 heteroatoms. The molecule has 1 aliphatic heterocycles. The lowest BCUT2D eigenvalue weighted by Crippen LogP contribution is -3.28. The Kier molecular flexibility index (Phi) is 9.30. The van der Waals surface area contributed by atoms with E-state index in [4.69, 9.17) is 0 Å². The summed E-state index contributed by atoms with van der Waals surface area (Å²) in [5, 5.41) is 3.08. The Balaban J connectivity index is 1.23. The summed E-state index contributed by atoms with van der Waals surface area (Å²) in [6, 6.07) is 20.9. The van der Waals surface area contributed by atoms with Crippen LogP contribution in [0.15, 0.2) is 66.7 Å². The molecule has 1 fully saturated rings. The third-order valence-corrected chi connectivity index (χ3v) is 6.30. The molecule has 0 unspecified atom stereocenters. The number of quaternary nitrogens is 2. The summed E-state index contributed by atoms with van der Waals surface area (Å²) in [4.78, 5) is 15.2. The van der Waals surface area contributed by atoms with E-state index in [0.29, 0.717) is 6.54 Å². The largest absolute Gasteiger partial charge is 0.350 e. The number of hydrogen-bond donors (Lipinski definition) is 3. The van der Waals surface area contributed by atoms with Crippen molar-refractivity contribution >= 4 is 23.7 Å². The Morgan fingerprint density at radius 1 is 0.931 bits per heavy atom. The summed E-state index contributed by atoms with van der Waals surface area (Å²) in [6.07, 6.45) is 4.48. The predicted molar refractivity (Wildman–Crippen MR) is 122 cm³/mol. The van der Waals surface area contributed by atoms with Gasteiger partial charge in [-0.25, -0.2) is 0 Å². The Bertz CT molecular complexity index is 743. The maximum atomic E-state index is 12.2. The van der Waals surface area contributed by atoms with Crippen LogP contribution in [0.25, 0.3) is 6.08 Å². The van der Waals surface area contributed by atoms with Crippen LogP contribution < -0.4 is 15.1 Å². The van der Waals surface area contributed by atoms with Crippen molar-refractivity contribution in [2.75, 3.05) is 51.6 Å². The molecular weight excluding hydrogens is 378 g/mol. The Morgan fingerprint density at radius 3 is 2.31 bits per heavy atom. The standard InChI is InChI=1S/C24H31N3OS/c28-24(25-13-19-29-21-23-10-5-2-6-11-23)20-27-17-15-26(16-18-27)14-7-12-22-8-3-1-4-9-22/h1-12H,13-21H2,(H,25,28)/p+2/b12-7+. The van der Waals surface area contributed by atoms with Crippen LogP contribution in [0.3, 0.4) is 0 Å². The molecule has 1 heterocycles. The summed E-state index contributed by atoms with van der Waals surface area (Å²) in [5.41, 5.74) is 2.60. The first-order valence-corrected chi connectivity index (χ1v) is 11.7. The molecule has 2 aromatic carbocycles. The first-order valence-electron chi connectivity index (χ1n) is 10.6. The molecule has 4 nitrogen and oxygen atoms in total. The van der Waals surface area contributed by atoms with Gasteiger partial charge in [0.1, 0.15) is 26.2 Å². The molecule has 154 valence electrons. The number of benzene rings is 2. The van der Waals surface area contributed by atoms with Crippen LogP contribution in [-0.4, -0.2) is 57.5 Å². The topological polar surface area (TPSA) is 38.0 Å². The van der Waals surface area contributed by atoms with Crippen molar-refractivity contribution in [3.8, 4) is 0 Å². The number of carbonyl (C=O) groups excluding carboxylic acids is 1. The molecule has 0 aliphatic carbocycles. The normalized spacial score (nSPS) is 19.3. The summed E-state index contributed by atoms with van der Waals surface area (Å²) >= 11 is 1.87. The van der Waals surface area contributed by atoms with Crippen molar-refractivity contribution in [1.29, 1.82) is 0 Å². The molecule has 0 radical (unpaired) electrons. The van der Waals surface area contributed by atoms with Crippen molar-refractivity contribution in [3.63, 3.8) is 0 Å². The van der Waals surface area contributed by atoms with E-state index in [1.54, 1.807) is 4.90 Å². The van der Waals surface area contributed by atoms with Crippen LogP contribution in [0.4, 0.5) is 0 Å². The molecular formula is C24H33N3OS+2. The Hall–Kier alpha value is -2.08. The highest BCUT2D eigenvalue weighted by Gasteiger charge is 2.23. The lowest BCUT2D eigenvalue weighted by atomic mass is 10.2. The van der Waals surface area contributed by atoms with E-state index in [-0.39, 0.29) is 5.91 Å². The molecule has 29 heavy (non-hydrogen) atoms. The van der Waals surface area contributed by atoms with E-state index >= 15 is 0 Å². The zero-order valence-corrected chi connectivity index (χ0v) is 17.9. The smallest absolute Gasteiger partial charge is 0.275 e. The Labute approximate surface area is 179 Å². The van der Waals surface area contributed by atoms with Gasteiger partial charge in [-0.05, 0) is 17.2 Å². The van der Waals surface area contributed by atoms with Gasteiger partial charge < -0.3 is 15.1 Å². The lowest BCUT2D eigenvalue weighted by molar-refractivity contribution is -1.01. The van der Waals surface area contributed by atoms with E-state index < -0.39 is 0 Å². The fourth-order valence-electron chi connectivity index (χ4n) is 3.58. The summed E-state index contributed by atoms with van der Waals surface area (Å²) < 4.78 is 0. The molecule has 0 saturated carbocycles. The molecule has 2 aromatic rings. The average molecular weight is 412 g/mol. The van der Waals surface area contributed by atoms with Gasteiger partial charge >= 0.3 is 0 Å². The van der Waals surface area contributed by atoms with Crippen molar-refractivity contribution in [2.24, 2.45) is 0 Å². The number of piperazine rings is 1. The molecule has 1 saturated heterocycles. The third-order valence-electron chi connectivity index (χ3n) is 5.27. The minimum Gasteiger partial charge on any atom is -0.350 e. The van der Waals surface area contributed by atoms with Crippen LogP contribution in [0, 0.1) is 0 Å². The highest BCUT2D eigenvalue weighted by Crippen LogP contribution is 2.10. The van der Waals surface area contributed by atoms with Gasteiger partial charge in [-0.2, -0.15) is 11.8 Å². The fourth-order valence-corrected chi connectivity index (χ4v) is 4.40. The molecule has 0 atom stereocenters. The maximum Gasteiger partial charge on any atom is 0.275 e. The van der Waals surface area contributed by atoms with Gasteiger partial charge in [-0.3, -0.25) is 4.79 Å². The van der Waals surface area contributed by atoms with Gasteiger partial charge in [0.05, 0.1) is 6.54 Å². The summed E-state index contributed by atoms with van der Waals surface area (Å²) in [5.74, 6) is 2.15.